The lowest BCUT2D eigenvalue weighted by Crippen LogP contribution is -2.00. The predicted octanol–water partition coefficient (Wildman–Crippen LogP) is 4.34. The van der Waals surface area contributed by atoms with Crippen LogP contribution < -0.4 is 0 Å². The van der Waals surface area contributed by atoms with E-state index in [9.17, 15) is 4.79 Å². The number of rotatable bonds is 2. The minimum Gasteiger partial charge on any atom is -0.360 e. The molecule has 0 aliphatic rings. The van der Waals surface area contributed by atoms with Gasteiger partial charge < -0.3 is 4.98 Å². The molecule has 3 aromatic rings. The highest BCUT2D eigenvalue weighted by molar-refractivity contribution is 9.10. The molecule has 0 unspecified atom stereocenters. The summed E-state index contributed by atoms with van der Waals surface area (Å²) in [6, 6.07) is 12.9. The summed E-state index contributed by atoms with van der Waals surface area (Å²) < 4.78 is 0.983. The van der Waals surface area contributed by atoms with Crippen molar-refractivity contribution in [3.05, 3.63) is 69.3 Å². The Labute approximate surface area is 130 Å². The van der Waals surface area contributed by atoms with Crippen molar-refractivity contribution in [3.8, 4) is 6.07 Å². The number of fused-ring (bicyclic) bond motifs is 1. The number of halogens is 1. The molecule has 1 N–H and O–H groups in total. The Balaban J connectivity index is 2.09. The zero-order valence-electron chi connectivity index (χ0n) is 11.3. The number of nitrogens with zero attached hydrogens (tertiary/aromatic N) is 1. The van der Waals surface area contributed by atoms with Crippen LogP contribution in [0.15, 0.2) is 47.1 Å². The van der Waals surface area contributed by atoms with Gasteiger partial charge in [0.2, 0.25) is 0 Å². The Morgan fingerprint density at radius 3 is 2.76 bits per heavy atom. The number of hydrogen-bond acceptors (Lipinski definition) is 2. The Morgan fingerprint density at radius 2 is 2.05 bits per heavy atom. The van der Waals surface area contributed by atoms with Gasteiger partial charge in [-0.15, -0.1) is 0 Å². The molecule has 102 valence electrons. The fourth-order valence-corrected chi connectivity index (χ4v) is 2.57. The molecule has 21 heavy (non-hydrogen) atoms. The molecule has 0 saturated carbocycles. The van der Waals surface area contributed by atoms with Crippen LogP contribution in [0.3, 0.4) is 0 Å². The highest BCUT2D eigenvalue weighted by Crippen LogP contribution is 2.24. The molecular formula is C17H11BrN2O. The number of nitrogens with one attached hydrogen (secondary N) is 1. The number of ketones is 1. The highest BCUT2D eigenvalue weighted by atomic mass is 79.9. The van der Waals surface area contributed by atoms with Crippen LogP contribution in [0, 0.1) is 18.3 Å². The molecule has 0 aliphatic carbocycles. The van der Waals surface area contributed by atoms with Crippen molar-refractivity contribution in [1.29, 1.82) is 5.26 Å². The van der Waals surface area contributed by atoms with Crippen molar-refractivity contribution >= 4 is 32.6 Å². The van der Waals surface area contributed by atoms with Crippen molar-refractivity contribution in [2.45, 2.75) is 6.92 Å². The van der Waals surface area contributed by atoms with E-state index < -0.39 is 0 Å². The maximum absolute atomic E-state index is 12.6. The lowest BCUT2D eigenvalue weighted by atomic mass is 10.0. The smallest absolute Gasteiger partial charge is 0.195 e. The second kappa shape index (κ2) is 5.19. The van der Waals surface area contributed by atoms with Crippen molar-refractivity contribution in [2.24, 2.45) is 0 Å². The Kier molecular flexibility index (Phi) is 3.36. The summed E-state index contributed by atoms with van der Waals surface area (Å²) in [6.45, 7) is 1.95. The van der Waals surface area contributed by atoms with E-state index in [4.69, 9.17) is 5.26 Å². The first-order valence-corrected chi connectivity index (χ1v) is 7.21. The normalized spacial score (nSPS) is 10.5. The highest BCUT2D eigenvalue weighted by Gasteiger charge is 2.15. The summed E-state index contributed by atoms with van der Waals surface area (Å²) in [4.78, 5) is 15.7. The quantitative estimate of drug-likeness (QED) is 0.706. The second-order valence-electron chi connectivity index (χ2n) is 4.87. The van der Waals surface area contributed by atoms with Crippen LogP contribution in [0.1, 0.15) is 27.0 Å². The van der Waals surface area contributed by atoms with Gasteiger partial charge >= 0.3 is 0 Å². The van der Waals surface area contributed by atoms with Crippen LogP contribution in [0.2, 0.25) is 0 Å². The van der Waals surface area contributed by atoms with Gasteiger partial charge in [-0.25, -0.2) is 0 Å². The molecule has 0 amide bonds. The molecule has 0 radical (unpaired) electrons. The first kappa shape index (κ1) is 13.6. The van der Waals surface area contributed by atoms with Crippen molar-refractivity contribution in [1.82, 2.24) is 4.98 Å². The summed E-state index contributed by atoms with van der Waals surface area (Å²) in [5, 5.41) is 9.75. The maximum Gasteiger partial charge on any atom is 0.195 e. The average molecular weight is 339 g/mol. The Bertz CT molecular complexity index is 903. The number of aromatic nitrogens is 1. The topological polar surface area (TPSA) is 56.6 Å². The van der Waals surface area contributed by atoms with E-state index in [-0.39, 0.29) is 5.78 Å². The number of benzene rings is 2. The first-order chi connectivity index (χ1) is 10.1. The van der Waals surface area contributed by atoms with Gasteiger partial charge in [0.15, 0.2) is 5.78 Å². The summed E-state index contributed by atoms with van der Waals surface area (Å²) in [6.07, 6.45) is 1.70. The molecule has 0 atom stereocenters. The molecule has 3 rings (SSSR count). The molecular weight excluding hydrogens is 328 g/mol. The van der Waals surface area contributed by atoms with Gasteiger partial charge in [0.25, 0.3) is 0 Å². The standard InChI is InChI=1S/C17H11BrN2O/c1-10-6-12(3-5-15(10)18)17(21)14-9-20-16-7-11(8-19)2-4-13(14)16/h2-7,9,20H,1H3. The molecule has 0 saturated heterocycles. The third-order valence-corrected chi connectivity index (χ3v) is 4.37. The maximum atomic E-state index is 12.6. The zero-order valence-corrected chi connectivity index (χ0v) is 12.9. The summed E-state index contributed by atoms with van der Waals surface area (Å²) in [7, 11) is 0. The lowest BCUT2D eigenvalue weighted by Gasteiger charge is -2.03. The Hall–Kier alpha value is -2.38. The molecule has 2 aromatic carbocycles. The van der Waals surface area contributed by atoms with Crippen LogP contribution in [0.5, 0.6) is 0 Å². The van der Waals surface area contributed by atoms with Gasteiger partial charge in [-0.1, -0.05) is 22.0 Å². The number of carbonyl (C=O) groups excluding carboxylic acids is 1. The van der Waals surface area contributed by atoms with E-state index in [1.165, 1.54) is 0 Å². The third kappa shape index (κ3) is 2.37. The van der Waals surface area contributed by atoms with E-state index in [1.807, 2.05) is 31.2 Å². The van der Waals surface area contributed by atoms with Gasteiger partial charge in [-0.05, 0) is 42.8 Å². The van der Waals surface area contributed by atoms with Crippen molar-refractivity contribution in [3.63, 3.8) is 0 Å². The van der Waals surface area contributed by atoms with E-state index in [0.29, 0.717) is 16.7 Å². The van der Waals surface area contributed by atoms with E-state index in [0.717, 1.165) is 20.9 Å². The summed E-state index contributed by atoms with van der Waals surface area (Å²) in [5.74, 6) is -0.0263. The molecule has 0 spiro atoms. The minimum atomic E-state index is -0.0263. The van der Waals surface area contributed by atoms with Crippen LogP contribution in [0.4, 0.5) is 0 Å². The van der Waals surface area contributed by atoms with E-state index in [1.54, 1.807) is 18.3 Å². The van der Waals surface area contributed by atoms with Crippen molar-refractivity contribution in [2.75, 3.05) is 0 Å². The molecule has 0 aliphatic heterocycles. The molecule has 4 heteroatoms. The number of aryl methyl sites for hydroxylation is 1. The van der Waals surface area contributed by atoms with Crippen molar-refractivity contribution < 1.29 is 4.79 Å². The second-order valence-corrected chi connectivity index (χ2v) is 5.72. The number of carbonyl (C=O) groups is 1. The molecule has 1 heterocycles. The van der Waals surface area contributed by atoms with Crippen LogP contribution >= 0.6 is 15.9 Å². The minimum absolute atomic E-state index is 0.0263. The van der Waals surface area contributed by atoms with Gasteiger partial charge in [0, 0.05) is 32.7 Å². The van der Waals surface area contributed by atoms with E-state index >= 15 is 0 Å². The number of hydrogen-bond donors (Lipinski definition) is 1. The monoisotopic (exact) mass is 338 g/mol. The largest absolute Gasteiger partial charge is 0.360 e. The third-order valence-electron chi connectivity index (χ3n) is 3.48. The number of nitriles is 1. The Morgan fingerprint density at radius 1 is 1.24 bits per heavy atom. The summed E-state index contributed by atoms with van der Waals surface area (Å²) in [5.41, 5.74) is 3.67. The van der Waals surface area contributed by atoms with E-state index in [2.05, 4.69) is 27.0 Å². The SMILES string of the molecule is Cc1cc(C(=O)c2c[nH]c3cc(C#N)ccc23)ccc1Br. The van der Waals surface area contributed by atoms with Gasteiger partial charge in [-0.2, -0.15) is 5.26 Å². The fraction of sp³-hybridized carbons (Fsp3) is 0.0588. The molecule has 0 fully saturated rings. The zero-order chi connectivity index (χ0) is 15.0. The van der Waals surface area contributed by atoms with Gasteiger partial charge in [0.1, 0.15) is 0 Å². The van der Waals surface area contributed by atoms with Crippen LogP contribution in [-0.2, 0) is 0 Å². The average Bonchev–Trinajstić information content (AvgIpc) is 2.92. The summed E-state index contributed by atoms with van der Waals surface area (Å²) >= 11 is 3.43. The van der Waals surface area contributed by atoms with Gasteiger partial charge in [-0.3, -0.25) is 4.79 Å². The number of aromatic amines is 1. The predicted molar refractivity (Wildman–Crippen MR) is 85.3 cm³/mol. The molecule has 0 bridgehead atoms. The van der Waals surface area contributed by atoms with Gasteiger partial charge in [0.05, 0.1) is 11.6 Å². The van der Waals surface area contributed by atoms with Crippen LogP contribution in [0.25, 0.3) is 10.9 Å². The van der Waals surface area contributed by atoms with Crippen LogP contribution in [-0.4, -0.2) is 10.8 Å². The number of H-pyrrole nitrogens is 1. The first-order valence-electron chi connectivity index (χ1n) is 6.42. The fourth-order valence-electron chi connectivity index (χ4n) is 2.33. The molecule has 1 aromatic heterocycles. The lowest BCUT2D eigenvalue weighted by molar-refractivity contribution is 0.104. The molecule has 3 nitrogen and oxygen atoms in total.